The summed E-state index contributed by atoms with van der Waals surface area (Å²) in [5.74, 6) is -0.895. The highest BCUT2D eigenvalue weighted by molar-refractivity contribution is 5.83. The van der Waals surface area contributed by atoms with Gasteiger partial charge in [0.2, 0.25) is 0 Å². The van der Waals surface area contributed by atoms with E-state index < -0.39 is 24.1 Å². The summed E-state index contributed by atoms with van der Waals surface area (Å²) in [5.41, 5.74) is 0. The maximum atomic E-state index is 12.4. The lowest BCUT2D eigenvalue weighted by Gasteiger charge is -2.30. The highest BCUT2D eigenvalue weighted by Gasteiger charge is 2.40. The summed E-state index contributed by atoms with van der Waals surface area (Å²) in [6.45, 7) is 4.64. The number of urea groups is 1. The minimum atomic E-state index is -1.11. The molecule has 0 aromatic heterocycles. The molecule has 1 aliphatic rings. The molecule has 0 aromatic carbocycles. The fourth-order valence-corrected chi connectivity index (χ4v) is 2.33. The van der Waals surface area contributed by atoms with Crippen molar-refractivity contribution in [2.45, 2.75) is 38.8 Å². The summed E-state index contributed by atoms with van der Waals surface area (Å²) >= 11 is 0. The number of aliphatic hydroxyl groups excluding tert-OH is 1. The van der Waals surface area contributed by atoms with E-state index in [9.17, 15) is 14.7 Å². The molecule has 7 heteroatoms. The first-order valence-electron chi connectivity index (χ1n) is 6.70. The van der Waals surface area contributed by atoms with Gasteiger partial charge in [-0.1, -0.05) is 13.8 Å². The Kier molecular flexibility index (Phi) is 5.77. The Labute approximate surface area is 118 Å². The Morgan fingerprint density at radius 2 is 2.15 bits per heavy atom. The van der Waals surface area contributed by atoms with Gasteiger partial charge in [0, 0.05) is 26.1 Å². The van der Waals surface area contributed by atoms with Crippen molar-refractivity contribution in [1.82, 2.24) is 9.80 Å². The number of carboxylic acid groups (broad SMARTS) is 1. The van der Waals surface area contributed by atoms with Crippen LogP contribution in [0.2, 0.25) is 0 Å². The van der Waals surface area contributed by atoms with E-state index in [2.05, 4.69) is 0 Å². The summed E-state index contributed by atoms with van der Waals surface area (Å²) in [5, 5.41) is 27.3. The maximum Gasteiger partial charge on any atom is 0.326 e. The van der Waals surface area contributed by atoms with E-state index in [-0.39, 0.29) is 31.8 Å². The van der Waals surface area contributed by atoms with E-state index in [1.54, 1.807) is 0 Å². The second-order valence-corrected chi connectivity index (χ2v) is 5.43. The largest absolute Gasteiger partial charge is 0.480 e. The summed E-state index contributed by atoms with van der Waals surface area (Å²) in [6.07, 6.45) is -0.557. The number of aliphatic carboxylic acids is 1. The molecular weight excluding hydrogens is 262 g/mol. The van der Waals surface area contributed by atoms with Crippen LogP contribution in [0.1, 0.15) is 26.7 Å². The van der Waals surface area contributed by atoms with Crippen LogP contribution in [0.3, 0.4) is 0 Å². The molecule has 1 rings (SSSR count). The van der Waals surface area contributed by atoms with Crippen LogP contribution in [-0.2, 0) is 4.79 Å². The van der Waals surface area contributed by atoms with E-state index >= 15 is 0 Å². The first-order chi connectivity index (χ1) is 9.36. The third kappa shape index (κ3) is 4.10. The van der Waals surface area contributed by atoms with Gasteiger partial charge in [-0.3, -0.25) is 0 Å². The molecule has 0 aliphatic carbocycles. The minimum absolute atomic E-state index is 0.0248. The van der Waals surface area contributed by atoms with Gasteiger partial charge in [-0.05, 0) is 5.92 Å². The highest BCUT2D eigenvalue weighted by Crippen LogP contribution is 2.20. The molecule has 1 heterocycles. The molecule has 2 amide bonds. The number of nitrogens with zero attached hydrogens (tertiary/aromatic N) is 3. The smallest absolute Gasteiger partial charge is 0.326 e. The second-order valence-electron chi connectivity index (χ2n) is 5.43. The third-order valence-electron chi connectivity index (χ3n) is 3.16. The Bertz CT molecular complexity index is 405. The van der Waals surface area contributed by atoms with Gasteiger partial charge in [0.05, 0.1) is 18.6 Å². The van der Waals surface area contributed by atoms with E-state index in [0.29, 0.717) is 6.54 Å². The third-order valence-corrected chi connectivity index (χ3v) is 3.16. The van der Waals surface area contributed by atoms with Crippen LogP contribution in [0.25, 0.3) is 0 Å². The van der Waals surface area contributed by atoms with Gasteiger partial charge in [-0.25, -0.2) is 9.59 Å². The molecule has 0 bridgehead atoms. The number of carbonyl (C=O) groups excluding carboxylic acids is 1. The number of carbonyl (C=O) groups is 2. The van der Waals surface area contributed by atoms with Gasteiger partial charge in [0.1, 0.15) is 6.04 Å². The van der Waals surface area contributed by atoms with Crippen molar-refractivity contribution in [3.63, 3.8) is 0 Å². The number of amides is 2. The molecule has 1 fully saturated rings. The molecule has 2 atom stereocenters. The number of hydrogen-bond acceptors (Lipinski definition) is 4. The molecule has 1 saturated heterocycles. The van der Waals surface area contributed by atoms with Crippen LogP contribution in [0.15, 0.2) is 0 Å². The first kappa shape index (κ1) is 16.2. The van der Waals surface area contributed by atoms with Gasteiger partial charge in [0.15, 0.2) is 0 Å². The summed E-state index contributed by atoms with van der Waals surface area (Å²) in [6, 6.07) is 0.571. The van der Waals surface area contributed by atoms with Crippen LogP contribution < -0.4 is 0 Å². The van der Waals surface area contributed by atoms with Crippen molar-refractivity contribution in [3.05, 3.63) is 0 Å². The van der Waals surface area contributed by atoms with E-state index in [4.69, 9.17) is 10.4 Å². The van der Waals surface area contributed by atoms with E-state index in [1.165, 1.54) is 9.80 Å². The lowest BCUT2D eigenvalue weighted by Crippen LogP contribution is -2.49. The van der Waals surface area contributed by atoms with Crippen LogP contribution in [-0.4, -0.2) is 63.8 Å². The normalized spacial score (nSPS) is 21.9. The number of aliphatic hydroxyl groups is 1. The molecule has 20 heavy (non-hydrogen) atoms. The van der Waals surface area contributed by atoms with Crippen molar-refractivity contribution in [3.8, 4) is 6.07 Å². The molecule has 1 aliphatic heterocycles. The number of likely N-dealkylation sites (tertiary alicyclic amines) is 1. The van der Waals surface area contributed by atoms with Crippen molar-refractivity contribution in [2.75, 3.05) is 19.6 Å². The van der Waals surface area contributed by atoms with E-state index in [1.807, 2.05) is 19.9 Å². The SMILES string of the molecule is CC(C)CN(CCC#N)C(=O)N1C[C@H](O)C[C@H]1C(=O)O. The molecular formula is C13H21N3O4. The van der Waals surface area contributed by atoms with Gasteiger partial charge < -0.3 is 20.0 Å². The van der Waals surface area contributed by atoms with Gasteiger partial charge >= 0.3 is 12.0 Å². The quantitative estimate of drug-likeness (QED) is 0.764. The molecule has 2 N–H and O–H groups in total. The molecule has 0 aromatic rings. The lowest BCUT2D eigenvalue weighted by molar-refractivity contribution is -0.141. The predicted octanol–water partition coefficient (Wildman–Crippen LogP) is 0.498. The standard InChI is InChI=1S/C13H21N3O4/c1-9(2)7-15(5-3-4-14)13(20)16-8-10(17)6-11(16)12(18)19/h9-11,17H,3,5-8H2,1-2H3,(H,18,19)/t10-,11+/m1/s1. The summed E-state index contributed by atoms with van der Waals surface area (Å²) in [4.78, 5) is 26.2. The highest BCUT2D eigenvalue weighted by atomic mass is 16.4. The van der Waals surface area contributed by atoms with Crippen LogP contribution in [0.4, 0.5) is 4.79 Å². The molecule has 112 valence electrons. The topological polar surface area (TPSA) is 105 Å². The number of β-amino-alcohol motifs (C(OH)–C–C–N with tert-alkyl or cyclic N) is 1. The monoisotopic (exact) mass is 283 g/mol. The number of hydrogen-bond donors (Lipinski definition) is 2. The van der Waals surface area contributed by atoms with Crippen molar-refractivity contribution in [2.24, 2.45) is 5.92 Å². The average Bonchev–Trinajstić information content (AvgIpc) is 2.75. The lowest BCUT2D eigenvalue weighted by atomic mass is 10.2. The minimum Gasteiger partial charge on any atom is -0.480 e. The van der Waals surface area contributed by atoms with Gasteiger partial charge in [-0.15, -0.1) is 0 Å². The molecule has 0 radical (unpaired) electrons. The Balaban J connectivity index is 2.81. The predicted molar refractivity (Wildman–Crippen MR) is 70.8 cm³/mol. The zero-order valence-corrected chi connectivity index (χ0v) is 11.8. The maximum absolute atomic E-state index is 12.4. The Morgan fingerprint density at radius 3 is 2.65 bits per heavy atom. The molecule has 7 nitrogen and oxygen atoms in total. The van der Waals surface area contributed by atoms with Crippen LogP contribution in [0, 0.1) is 17.2 Å². The Hall–Kier alpha value is -1.81. The van der Waals surface area contributed by atoms with E-state index in [0.717, 1.165) is 0 Å². The fourth-order valence-electron chi connectivity index (χ4n) is 2.33. The zero-order chi connectivity index (χ0) is 15.3. The fraction of sp³-hybridized carbons (Fsp3) is 0.769. The van der Waals surface area contributed by atoms with Gasteiger partial charge in [0.25, 0.3) is 0 Å². The second kappa shape index (κ2) is 7.10. The summed E-state index contributed by atoms with van der Waals surface area (Å²) in [7, 11) is 0. The zero-order valence-electron chi connectivity index (χ0n) is 11.8. The number of nitriles is 1. The molecule has 0 spiro atoms. The van der Waals surface area contributed by atoms with Crippen molar-refractivity contribution >= 4 is 12.0 Å². The van der Waals surface area contributed by atoms with Gasteiger partial charge in [-0.2, -0.15) is 5.26 Å². The van der Waals surface area contributed by atoms with Crippen LogP contribution in [0.5, 0.6) is 0 Å². The first-order valence-corrected chi connectivity index (χ1v) is 6.70. The summed E-state index contributed by atoms with van der Waals surface area (Å²) < 4.78 is 0. The van der Waals surface area contributed by atoms with Crippen LogP contribution >= 0.6 is 0 Å². The number of rotatable bonds is 5. The van der Waals surface area contributed by atoms with Crippen molar-refractivity contribution < 1.29 is 19.8 Å². The molecule has 0 saturated carbocycles. The Morgan fingerprint density at radius 1 is 1.50 bits per heavy atom. The van der Waals surface area contributed by atoms with Crippen molar-refractivity contribution in [1.29, 1.82) is 5.26 Å². The number of carboxylic acids is 1. The molecule has 0 unspecified atom stereocenters. The average molecular weight is 283 g/mol.